The van der Waals surface area contributed by atoms with Crippen LogP contribution >= 0.6 is 0 Å². The van der Waals surface area contributed by atoms with Gasteiger partial charge in [0.15, 0.2) is 10.1 Å². The van der Waals surface area contributed by atoms with Crippen LogP contribution in [0.2, 0.25) is 0 Å². The molecule has 1 aliphatic heterocycles. The van der Waals surface area contributed by atoms with Crippen molar-refractivity contribution < 1.29 is 50.5 Å². The number of carbonyl (C=O) groups is 2. The summed E-state index contributed by atoms with van der Waals surface area (Å²) >= 11 is 0. The number of ether oxygens (including phenoxy) is 4. The summed E-state index contributed by atoms with van der Waals surface area (Å²) in [5.74, 6) is 1.26. The zero-order valence-corrected chi connectivity index (χ0v) is 41.6. The molecule has 0 unspecified atom stereocenters. The molecule has 2 aromatic heterocycles. The average Bonchev–Trinajstić information content (AvgIpc) is 4.00. The lowest BCUT2D eigenvalue weighted by Gasteiger charge is -2.31. The molecule has 0 radical (unpaired) electrons. The second-order valence-electron chi connectivity index (χ2n) is 16.7. The molecule has 4 aromatic carbocycles. The first-order chi connectivity index (χ1) is 32.9. The zero-order chi connectivity index (χ0) is 50.0. The summed E-state index contributed by atoms with van der Waals surface area (Å²) in [7, 11) is -1.89. The molecule has 1 amide bonds. The molecular formula is C49H59N7O11S2. The first-order valence-corrected chi connectivity index (χ1v) is 25.0. The highest BCUT2D eigenvalue weighted by Crippen LogP contribution is 2.28. The van der Waals surface area contributed by atoms with Crippen molar-refractivity contribution >= 4 is 31.9 Å². The summed E-state index contributed by atoms with van der Waals surface area (Å²) in [6.07, 6.45) is 0.949. The van der Waals surface area contributed by atoms with Crippen LogP contribution in [0.1, 0.15) is 89.4 Å². The predicted molar refractivity (Wildman–Crippen MR) is 258 cm³/mol. The summed E-state index contributed by atoms with van der Waals surface area (Å²) in [4.78, 5) is 26.4. The van der Waals surface area contributed by atoms with Gasteiger partial charge in [0.05, 0.1) is 28.4 Å². The highest BCUT2D eigenvalue weighted by atomic mass is 32.2. The lowest BCUT2D eigenvalue weighted by molar-refractivity contribution is 0.0635. The molecule has 1 saturated heterocycles. The van der Waals surface area contributed by atoms with Crippen molar-refractivity contribution in [3.63, 3.8) is 0 Å². The van der Waals surface area contributed by atoms with Gasteiger partial charge in [-0.15, -0.1) is 0 Å². The summed E-state index contributed by atoms with van der Waals surface area (Å²) in [5, 5.41) is 17.6. The third-order valence-corrected chi connectivity index (χ3v) is 14.6. The van der Waals surface area contributed by atoms with Gasteiger partial charge in [-0.05, 0) is 105 Å². The minimum absolute atomic E-state index is 0.0648. The van der Waals surface area contributed by atoms with Crippen molar-refractivity contribution in [1.82, 2.24) is 33.1 Å². The van der Waals surface area contributed by atoms with Crippen LogP contribution in [0.4, 0.5) is 0 Å². The van der Waals surface area contributed by atoms with Gasteiger partial charge in [-0.3, -0.25) is 14.2 Å². The Hall–Kier alpha value is -6.74. The molecule has 18 nitrogen and oxygen atoms in total. The van der Waals surface area contributed by atoms with Crippen molar-refractivity contribution in [3.05, 3.63) is 143 Å². The Morgan fingerprint density at radius 3 is 1.06 bits per heavy atom. The fourth-order valence-corrected chi connectivity index (χ4v) is 9.95. The monoisotopic (exact) mass is 985 g/mol. The molecule has 3 heterocycles. The Balaban J connectivity index is 0.000000228. The van der Waals surface area contributed by atoms with Gasteiger partial charge in [-0.2, -0.15) is 18.8 Å². The average molecular weight is 986 g/mol. The van der Waals surface area contributed by atoms with Gasteiger partial charge in [0.1, 0.15) is 34.4 Å². The van der Waals surface area contributed by atoms with Gasteiger partial charge in [0.25, 0.3) is 26.0 Å². The molecule has 368 valence electrons. The molecule has 0 aliphatic carbocycles. The third-order valence-electron chi connectivity index (χ3n) is 11.3. The van der Waals surface area contributed by atoms with Gasteiger partial charge in [-0.1, -0.05) is 48.5 Å². The number of aromatic carboxylic acids is 1. The van der Waals surface area contributed by atoms with Crippen molar-refractivity contribution in [2.75, 3.05) is 41.5 Å². The van der Waals surface area contributed by atoms with Crippen LogP contribution in [-0.2, 0) is 46.2 Å². The lowest BCUT2D eigenvalue weighted by Crippen LogP contribution is -2.43. The van der Waals surface area contributed by atoms with Crippen molar-refractivity contribution in [1.29, 1.82) is 0 Å². The zero-order valence-electron chi connectivity index (χ0n) is 40.0. The molecule has 0 bridgehead atoms. The van der Waals surface area contributed by atoms with Crippen LogP contribution < -0.4 is 18.9 Å². The Bertz CT molecular complexity index is 2800. The van der Waals surface area contributed by atoms with E-state index in [0.29, 0.717) is 36.1 Å². The van der Waals surface area contributed by atoms with Gasteiger partial charge < -0.3 is 29.0 Å². The molecule has 0 spiro atoms. The number of hydrogen-bond acceptors (Lipinski definition) is 12. The van der Waals surface area contributed by atoms with E-state index in [2.05, 4.69) is 10.2 Å². The summed E-state index contributed by atoms with van der Waals surface area (Å²) < 4.78 is 81.2. The maximum absolute atomic E-state index is 13.9. The number of amides is 1. The van der Waals surface area contributed by atoms with Crippen LogP contribution in [0.15, 0.2) is 119 Å². The number of carbonyl (C=O) groups excluding carboxylic acids is 1. The van der Waals surface area contributed by atoms with Gasteiger partial charge >= 0.3 is 5.97 Å². The number of rotatable bonds is 20. The largest absolute Gasteiger partial charge is 0.497 e. The number of methoxy groups -OCH3 is 4. The molecule has 7 rings (SSSR count). The highest BCUT2D eigenvalue weighted by Gasteiger charge is 2.34. The fraction of sp³-hybridized carbons (Fsp3) is 0.347. The van der Waals surface area contributed by atoms with Crippen molar-refractivity contribution in [2.45, 2.75) is 82.4 Å². The number of nitrogens with zero attached hydrogens (tertiary/aromatic N) is 7. The Morgan fingerprint density at radius 1 is 0.536 bits per heavy atom. The van der Waals surface area contributed by atoms with E-state index in [0.717, 1.165) is 34.7 Å². The first-order valence-electron chi connectivity index (χ1n) is 22.1. The van der Waals surface area contributed by atoms with E-state index >= 15 is 0 Å². The molecule has 69 heavy (non-hydrogen) atoms. The van der Waals surface area contributed by atoms with E-state index in [4.69, 9.17) is 18.9 Å². The van der Waals surface area contributed by atoms with Crippen LogP contribution in [0.5, 0.6) is 23.0 Å². The smallest absolute Gasteiger partial charge is 0.354 e. The maximum Gasteiger partial charge on any atom is 0.354 e. The standard InChI is InChI=1S/C26H32N4O5S.C23H27N3O6S/c1-19(2)30-24(26(31)28-14-5-15-28)16-25(27-30)36(32,33)29(17-20-6-10-22(34-3)11-7-20)18-21-8-12-23(35-4)13-9-21;1-16(2)26-21(23(27)28)13-22(24-26)33(29,30)25(14-17-5-9-19(31-3)10-6-17)15-18-7-11-20(32-4)12-8-18/h6-13,16,19H,5,14-15,17-18H2,1-4H3;5-13,16H,14-15H2,1-4H3,(H,27,28). The van der Waals surface area contributed by atoms with E-state index < -0.39 is 26.0 Å². The molecule has 1 fully saturated rings. The number of carboxylic acids is 1. The molecule has 1 aliphatic rings. The fourth-order valence-electron chi connectivity index (χ4n) is 7.24. The van der Waals surface area contributed by atoms with E-state index in [-0.39, 0.29) is 65.6 Å². The van der Waals surface area contributed by atoms with E-state index in [9.17, 15) is 31.5 Å². The molecule has 0 saturated carbocycles. The van der Waals surface area contributed by atoms with Crippen molar-refractivity contribution in [3.8, 4) is 23.0 Å². The minimum atomic E-state index is -4.12. The van der Waals surface area contributed by atoms with Crippen LogP contribution in [0.3, 0.4) is 0 Å². The number of sulfonamides is 2. The topological polar surface area (TPSA) is 205 Å². The second-order valence-corrected chi connectivity index (χ2v) is 20.5. The number of likely N-dealkylation sites (tertiary alicyclic amines) is 1. The predicted octanol–water partition coefficient (Wildman–Crippen LogP) is 7.29. The Labute approximate surface area is 403 Å². The second kappa shape index (κ2) is 22.6. The minimum Gasteiger partial charge on any atom is -0.497 e. The normalized spacial score (nSPS) is 12.7. The van der Waals surface area contributed by atoms with Gasteiger partial charge in [0, 0.05) is 63.5 Å². The summed E-state index contributed by atoms with van der Waals surface area (Å²) in [5.41, 5.74) is 3.19. The van der Waals surface area contributed by atoms with Crippen molar-refractivity contribution in [2.24, 2.45) is 0 Å². The Morgan fingerprint density at radius 2 is 0.826 bits per heavy atom. The molecule has 6 aromatic rings. The molecular weight excluding hydrogens is 927 g/mol. The first kappa shape index (κ1) is 51.6. The quantitative estimate of drug-likeness (QED) is 0.0799. The maximum atomic E-state index is 13.9. The van der Waals surface area contributed by atoms with E-state index in [1.165, 1.54) is 24.0 Å². The van der Waals surface area contributed by atoms with Crippen LogP contribution in [0, 0.1) is 0 Å². The number of hydrogen-bond donors (Lipinski definition) is 1. The van der Waals surface area contributed by atoms with Gasteiger partial charge in [0.2, 0.25) is 0 Å². The highest BCUT2D eigenvalue weighted by molar-refractivity contribution is 7.89. The number of carboxylic acid groups (broad SMARTS) is 1. The molecule has 20 heteroatoms. The summed E-state index contributed by atoms with van der Waals surface area (Å²) in [6, 6.07) is 30.7. The molecule has 0 atom stereocenters. The number of benzene rings is 4. The van der Waals surface area contributed by atoms with E-state index in [1.807, 2.05) is 38.1 Å². The van der Waals surface area contributed by atoms with Crippen LogP contribution in [0.25, 0.3) is 0 Å². The lowest BCUT2D eigenvalue weighted by atomic mass is 10.2. The van der Waals surface area contributed by atoms with E-state index in [1.54, 1.807) is 120 Å². The molecule has 1 N–H and O–H groups in total. The number of aromatic nitrogens is 4. The SMILES string of the molecule is COc1ccc(CN(Cc2ccc(OC)cc2)S(=O)(=O)c2cc(C(=O)N3CCC3)n(C(C)C)n2)cc1.COc1ccc(CN(Cc2ccc(OC)cc2)S(=O)(=O)c2cc(C(=O)O)n(C(C)C)n2)cc1. The summed E-state index contributed by atoms with van der Waals surface area (Å²) in [6.45, 7) is 8.96. The Kier molecular flexibility index (Phi) is 16.9. The van der Waals surface area contributed by atoms with Crippen LogP contribution in [-0.4, -0.2) is 108 Å². The van der Waals surface area contributed by atoms with Gasteiger partial charge in [-0.25, -0.2) is 21.6 Å². The third kappa shape index (κ3) is 12.5.